The normalized spacial score (nSPS) is 21.5. The summed E-state index contributed by atoms with van der Waals surface area (Å²) in [5.41, 5.74) is 2.99. The monoisotopic (exact) mass is 203 g/mol. The fourth-order valence-corrected chi connectivity index (χ4v) is 2.21. The van der Waals surface area contributed by atoms with Crippen molar-refractivity contribution in [1.82, 2.24) is 14.9 Å². The Kier molecular flexibility index (Phi) is 2.33. The molecule has 3 rings (SSSR count). The predicted molar refractivity (Wildman–Crippen MR) is 59.8 cm³/mol. The molecule has 2 heterocycles. The van der Waals surface area contributed by atoms with Gasteiger partial charge in [0.15, 0.2) is 0 Å². The van der Waals surface area contributed by atoms with Crippen LogP contribution in [-0.4, -0.2) is 22.6 Å². The third-order valence-electron chi connectivity index (χ3n) is 3.27. The first-order valence-corrected chi connectivity index (χ1v) is 5.82. The zero-order valence-electron chi connectivity index (χ0n) is 8.95. The van der Waals surface area contributed by atoms with E-state index in [4.69, 9.17) is 0 Å². The first-order chi connectivity index (χ1) is 7.43. The molecule has 1 aliphatic heterocycles. The van der Waals surface area contributed by atoms with Crippen LogP contribution in [0.4, 0.5) is 0 Å². The van der Waals surface area contributed by atoms with E-state index in [0.717, 1.165) is 25.6 Å². The lowest BCUT2D eigenvalue weighted by atomic mass is 10.1. The molecule has 0 radical (unpaired) electrons. The Bertz CT molecular complexity index is 374. The molecule has 0 bridgehead atoms. The molecule has 15 heavy (non-hydrogen) atoms. The maximum Gasteiger partial charge on any atom is 0.0951 e. The van der Waals surface area contributed by atoms with Crippen molar-refractivity contribution in [2.45, 2.75) is 31.7 Å². The summed E-state index contributed by atoms with van der Waals surface area (Å²) >= 11 is 0. The minimum atomic E-state index is 0.801. The third-order valence-corrected chi connectivity index (χ3v) is 3.27. The SMILES string of the molecule is C1=C(Cn2cncc2C2CC2)CCNC1. The molecule has 0 aromatic carbocycles. The van der Waals surface area contributed by atoms with Crippen LogP contribution < -0.4 is 5.32 Å². The summed E-state index contributed by atoms with van der Waals surface area (Å²) < 4.78 is 2.33. The quantitative estimate of drug-likeness (QED) is 0.757. The van der Waals surface area contributed by atoms with E-state index in [9.17, 15) is 0 Å². The first-order valence-electron chi connectivity index (χ1n) is 5.82. The fourth-order valence-electron chi connectivity index (χ4n) is 2.21. The second-order valence-corrected chi connectivity index (χ2v) is 4.54. The molecule has 0 unspecified atom stereocenters. The standard InChI is InChI=1S/C12H17N3/c1-2-11(1)12-7-14-9-15(12)8-10-3-5-13-6-4-10/h3,7,9,11,13H,1-2,4-6,8H2. The Labute approximate surface area is 90.2 Å². The number of hydrogen-bond acceptors (Lipinski definition) is 2. The Morgan fingerprint density at radius 2 is 2.40 bits per heavy atom. The van der Waals surface area contributed by atoms with Crippen LogP contribution in [0.25, 0.3) is 0 Å². The van der Waals surface area contributed by atoms with Gasteiger partial charge in [-0.2, -0.15) is 0 Å². The molecule has 1 N–H and O–H groups in total. The molecule has 2 aliphatic rings. The highest BCUT2D eigenvalue weighted by Gasteiger charge is 2.26. The number of rotatable bonds is 3. The van der Waals surface area contributed by atoms with Crippen LogP contribution >= 0.6 is 0 Å². The summed E-state index contributed by atoms with van der Waals surface area (Å²) in [5.74, 6) is 0.801. The molecule has 1 saturated carbocycles. The Morgan fingerprint density at radius 1 is 1.47 bits per heavy atom. The number of nitrogens with zero attached hydrogens (tertiary/aromatic N) is 2. The van der Waals surface area contributed by atoms with Crippen molar-refractivity contribution in [3.63, 3.8) is 0 Å². The van der Waals surface area contributed by atoms with Gasteiger partial charge in [-0.1, -0.05) is 11.6 Å². The van der Waals surface area contributed by atoms with E-state index in [1.807, 2.05) is 12.5 Å². The Hall–Kier alpha value is -1.09. The molecule has 1 fully saturated rings. The summed E-state index contributed by atoms with van der Waals surface area (Å²) in [6.45, 7) is 3.20. The van der Waals surface area contributed by atoms with Crippen LogP contribution in [0.5, 0.6) is 0 Å². The number of nitrogens with one attached hydrogen (secondary N) is 1. The average molecular weight is 203 g/mol. The second kappa shape index (κ2) is 3.81. The van der Waals surface area contributed by atoms with E-state index in [1.54, 1.807) is 5.57 Å². The first kappa shape index (κ1) is 9.16. The molecule has 1 aromatic rings. The molecule has 80 valence electrons. The summed E-state index contributed by atoms with van der Waals surface area (Å²) in [6, 6.07) is 0. The van der Waals surface area contributed by atoms with Crippen LogP contribution in [0.15, 0.2) is 24.2 Å². The van der Waals surface area contributed by atoms with E-state index < -0.39 is 0 Å². The van der Waals surface area contributed by atoms with Gasteiger partial charge < -0.3 is 9.88 Å². The van der Waals surface area contributed by atoms with Gasteiger partial charge in [-0.3, -0.25) is 0 Å². The van der Waals surface area contributed by atoms with Crippen molar-refractivity contribution >= 4 is 0 Å². The largest absolute Gasteiger partial charge is 0.330 e. The van der Waals surface area contributed by atoms with Crippen molar-refractivity contribution in [2.24, 2.45) is 0 Å². The number of hydrogen-bond donors (Lipinski definition) is 1. The Morgan fingerprint density at radius 3 is 3.13 bits per heavy atom. The molecule has 0 atom stereocenters. The lowest BCUT2D eigenvalue weighted by molar-refractivity contribution is 0.638. The van der Waals surface area contributed by atoms with E-state index in [0.29, 0.717) is 0 Å². The van der Waals surface area contributed by atoms with Crippen LogP contribution in [-0.2, 0) is 6.54 Å². The van der Waals surface area contributed by atoms with Gasteiger partial charge >= 0.3 is 0 Å². The zero-order chi connectivity index (χ0) is 10.1. The van der Waals surface area contributed by atoms with Crippen LogP contribution in [0.3, 0.4) is 0 Å². The second-order valence-electron chi connectivity index (χ2n) is 4.54. The molecular formula is C12H17N3. The maximum absolute atomic E-state index is 4.27. The van der Waals surface area contributed by atoms with Crippen LogP contribution in [0.2, 0.25) is 0 Å². The van der Waals surface area contributed by atoms with Gasteiger partial charge in [-0.15, -0.1) is 0 Å². The highest BCUT2D eigenvalue weighted by molar-refractivity contribution is 5.16. The van der Waals surface area contributed by atoms with Crippen molar-refractivity contribution in [1.29, 1.82) is 0 Å². The van der Waals surface area contributed by atoms with Gasteiger partial charge in [-0.05, 0) is 25.8 Å². The highest BCUT2D eigenvalue weighted by Crippen LogP contribution is 2.39. The van der Waals surface area contributed by atoms with E-state index >= 15 is 0 Å². The minimum Gasteiger partial charge on any atom is -0.330 e. The van der Waals surface area contributed by atoms with Gasteiger partial charge in [0.1, 0.15) is 0 Å². The van der Waals surface area contributed by atoms with Crippen molar-refractivity contribution in [3.8, 4) is 0 Å². The van der Waals surface area contributed by atoms with Crippen molar-refractivity contribution in [2.75, 3.05) is 13.1 Å². The van der Waals surface area contributed by atoms with Gasteiger partial charge in [0.2, 0.25) is 0 Å². The topological polar surface area (TPSA) is 29.9 Å². The van der Waals surface area contributed by atoms with E-state index in [1.165, 1.54) is 25.0 Å². The highest BCUT2D eigenvalue weighted by atomic mass is 15.1. The molecule has 0 amide bonds. The molecule has 3 nitrogen and oxygen atoms in total. The summed E-state index contributed by atoms with van der Waals surface area (Å²) in [6.07, 6.45) is 10.2. The maximum atomic E-state index is 4.27. The minimum absolute atomic E-state index is 0.801. The summed E-state index contributed by atoms with van der Waals surface area (Å²) in [5, 5.41) is 3.34. The zero-order valence-corrected chi connectivity index (χ0v) is 8.95. The Balaban J connectivity index is 1.75. The van der Waals surface area contributed by atoms with Crippen molar-refractivity contribution in [3.05, 3.63) is 29.9 Å². The molecule has 0 saturated heterocycles. The van der Waals surface area contributed by atoms with Crippen LogP contribution in [0.1, 0.15) is 30.9 Å². The lowest BCUT2D eigenvalue weighted by Crippen LogP contribution is -2.22. The number of imidazole rings is 1. The fraction of sp³-hybridized carbons (Fsp3) is 0.583. The van der Waals surface area contributed by atoms with Gasteiger partial charge in [0, 0.05) is 30.9 Å². The molecule has 3 heteroatoms. The van der Waals surface area contributed by atoms with Crippen LogP contribution in [0, 0.1) is 0 Å². The van der Waals surface area contributed by atoms with E-state index in [-0.39, 0.29) is 0 Å². The molecule has 1 aromatic heterocycles. The van der Waals surface area contributed by atoms with Gasteiger partial charge in [0.25, 0.3) is 0 Å². The average Bonchev–Trinajstić information content (AvgIpc) is 3.02. The summed E-state index contributed by atoms with van der Waals surface area (Å²) in [4.78, 5) is 4.27. The lowest BCUT2D eigenvalue weighted by Gasteiger charge is -2.15. The van der Waals surface area contributed by atoms with E-state index in [2.05, 4.69) is 20.9 Å². The molecular weight excluding hydrogens is 186 g/mol. The van der Waals surface area contributed by atoms with Gasteiger partial charge in [-0.25, -0.2) is 4.98 Å². The molecule has 0 spiro atoms. The van der Waals surface area contributed by atoms with Gasteiger partial charge in [0.05, 0.1) is 6.33 Å². The molecule has 1 aliphatic carbocycles. The summed E-state index contributed by atoms with van der Waals surface area (Å²) in [7, 11) is 0. The number of aromatic nitrogens is 2. The van der Waals surface area contributed by atoms with Crippen molar-refractivity contribution < 1.29 is 0 Å². The predicted octanol–water partition coefficient (Wildman–Crippen LogP) is 1.68. The smallest absolute Gasteiger partial charge is 0.0951 e. The third kappa shape index (κ3) is 1.97.